The van der Waals surface area contributed by atoms with Crippen LogP contribution in [0.1, 0.15) is 38.6 Å². The van der Waals surface area contributed by atoms with Crippen molar-refractivity contribution >= 4 is 40.6 Å². The summed E-state index contributed by atoms with van der Waals surface area (Å²) in [6.07, 6.45) is 0. The van der Waals surface area contributed by atoms with Gasteiger partial charge in [-0.05, 0) is 48.2 Å². The van der Waals surface area contributed by atoms with E-state index in [1.165, 1.54) is 6.07 Å². The molecule has 8 heteroatoms. The van der Waals surface area contributed by atoms with Crippen LogP contribution >= 0.6 is 23.1 Å². The fourth-order valence-electron chi connectivity index (χ4n) is 2.68. The average Bonchev–Trinajstić information content (AvgIpc) is 3.16. The van der Waals surface area contributed by atoms with Crippen LogP contribution in [0.4, 0.5) is 14.5 Å². The Labute approximate surface area is 175 Å². The molecule has 2 amide bonds. The van der Waals surface area contributed by atoms with Gasteiger partial charge in [0.1, 0.15) is 4.88 Å². The highest BCUT2D eigenvalue weighted by Crippen LogP contribution is 2.32. The highest BCUT2D eigenvalue weighted by atomic mass is 32.2. The van der Waals surface area contributed by atoms with Crippen molar-refractivity contribution < 1.29 is 18.4 Å². The number of anilines is 1. The molecule has 1 atom stereocenters. The fourth-order valence-corrected chi connectivity index (χ4v) is 4.28. The highest BCUT2D eigenvalue weighted by Gasteiger charge is 2.19. The third-order valence-corrected chi connectivity index (χ3v) is 5.89. The number of hydrogen-bond acceptors (Lipinski definition) is 4. The number of hydrogen-bond donors (Lipinski definition) is 2. The zero-order valence-corrected chi connectivity index (χ0v) is 17.0. The summed E-state index contributed by atoms with van der Waals surface area (Å²) in [6.45, 7) is 1.80. The molecule has 2 N–H and O–H groups in total. The number of rotatable bonds is 7. The van der Waals surface area contributed by atoms with Gasteiger partial charge in [-0.25, -0.2) is 0 Å². The number of thioether (sulfide) groups is 1. The summed E-state index contributed by atoms with van der Waals surface area (Å²) in [6, 6.07) is 17.1. The van der Waals surface area contributed by atoms with Crippen LogP contribution in [0.2, 0.25) is 0 Å². The molecular formula is C21H18F2N2O2S2. The van der Waals surface area contributed by atoms with Crippen molar-refractivity contribution in [3.63, 3.8) is 0 Å². The number of thiophene rings is 1. The van der Waals surface area contributed by atoms with Crippen molar-refractivity contribution in [3.8, 4) is 0 Å². The van der Waals surface area contributed by atoms with Crippen LogP contribution in [0.25, 0.3) is 0 Å². The van der Waals surface area contributed by atoms with E-state index >= 15 is 0 Å². The molecule has 1 aromatic heterocycles. The van der Waals surface area contributed by atoms with Crippen LogP contribution in [-0.4, -0.2) is 17.6 Å². The molecular weight excluding hydrogens is 414 g/mol. The summed E-state index contributed by atoms with van der Waals surface area (Å²) >= 11 is 1.48. The van der Waals surface area contributed by atoms with Gasteiger partial charge in [-0.15, -0.1) is 11.3 Å². The van der Waals surface area contributed by atoms with Gasteiger partial charge in [0, 0.05) is 16.1 Å². The third-order valence-electron chi connectivity index (χ3n) is 4.08. The van der Waals surface area contributed by atoms with Crippen LogP contribution in [0.15, 0.2) is 70.9 Å². The maximum absolute atomic E-state index is 12.6. The van der Waals surface area contributed by atoms with Gasteiger partial charge in [-0.2, -0.15) is 8.78 Å². The van der Waals surface area contributed by atoms with Gasteiger partial charge in [-0.1, -0.05) is 42.1 Å². The molecule has 1 heterocycles. The molecule has 0 radical (unpaired) electrons. The molecule has 0 aliphatic heterocycles. The Bertz CT molecular complexity index is 993. The lowest BCUT2D eigenvalue weighted by Gasteiger charge is -2.16. The molecule has 3 aromatic rings. The first-order chi connectivity index (χ1) is 13.9. The predicted octanol–water partition coefficient (Wildman–Crippen LogP) is 5.81. The average molecular weight is 433 g/mol. The Kier molecular flexibility index (Phi) is 7.00. The van der Waals surface area contributed by atoms with Gasteiger partial charge in [0.15, 0.2) is 0 Å². The molecule has 0 saturated heterocycles. The van der Waals surface area contributed by atoms with Gasteiger partial charge in [0.05, 0.1) is 6.04 Å². The number of alkyl halides is 2. The quantitative estimate of drug-likeness (QED) is 0.464. The van der Waals surface area contributed by atoms with Crippen molar-refractivity contribution in [1.29, 1.82) is 0 Å². The van der Waals surface area contributed by atoms with E-state index in [0.29, 0.717) is 23.0 Å². The van der Waals surface area contributed by atoms with E-state index in [4.69, 9.17) is 0 Å². The maximum Gasteiger partial charge on any atom is 0.288 e. The molecule has 150 valence electrons. The zero-order valence-electron chi connectivity index (χ0n) is 15.4. The Morgan fingerprint density at radius 3 is 2.48 bits per heavy atom. The molecule has 0 fully saturated rings. The van der Waals surface area contributed by atoms with Crippen LogP contribution < -0.4 is 10.6 Å². The van der Waals surface area contributed by atoms with E-state index < -0.39 is 11.7 Å². The molecule has 4 nitrogen and oxygen atoms in total. The zero-order chi connectivity index (χ0) is 20.8. The largest absolute Gasteiger partial charge is 0.345 e. The van der Waals surface area contributed by atoms with Gasteiger partial charge >= 0.3 is 0 Å². The Hall–Kier alpha value is -2.71. The lowest BCUT2D eigenvalue weighted by atomic mass is 10.1. The Morgan fingerprint density at radius 1 is 1.00 bits per heavy atom. The number of carbonyl (C=O) groups is 2. The van der Waals surface area contributed by atoms with E-state index in [9.17, 15) is 18.4 Å². The summed E-state index contributed by atoms with van der Waals surface area (Å²) in [7, 11) is 0. The standard InChI is InChI=1S/C21H18F2N2O2S2/c1-13(24-20(27)18-17(10-11-28-18)29-21(22)23)15-8-5-9-16(12-15)25-19(26)14-6-3-2-4-7-14/h2-13,21H,1H3,(H,24,27)(H,25,26). The van der Waals surface area contributed by atoms with Crippen LogP contribution in [0, 0.1) is 0 Å². The fraction of sp³-hybridized carbons (Fsp3) is 0.143. The van der Waals surface area contributed by atoms with E-state index in [1.54, 1.807) is 54.8 Å². The maximum atomic E-state index is 12.6. The third kappa shape index (κ3) is 5.65. The van der Waals surface area contributed by atoms with Crippen molar-refractivity contribution in [1.82, 2.24) is 5.32 Å². The molecule has 3 rings (SSSR count). The molecule has 0 aliphatic rings. The molecule has 0 bridgehead atoms. The van der Waals surface area contributed by atoms with Crippen LogP contribution in [0.3, 0.4) is 0 Å². The van der Waals surface area contributed by atoms with Crippen molar-refractivity contribution in [3.05, 3.63) is 82.0 Å². The van der Waals surface area contributed by atoms with Crippen molar-refractivity contribution in [2.75, 3.05) is 5.32 Å². The SMILES string of the molecule is CC(NC(=O)c1sccc1SC(F)F)c1cccc(NC(=O)c2ccccc2)c1. The highest BCUT2D eigenvalue weighted by molar-refractivity contribution is 7.99. The molecule has 0 spiro atoms. The molecule has 1 unspecified atom stereocenters. The Morgan fingerprint density at radius 2 is 1.76 bits per heavy atom. The minimum Gasteiger partial charge on any atom is -0.345 e. The smallest absolute Gasteiger partial charge is 0.288 e. The number of amides is 2. The normalized spacial score (nSPS) is 11.9. The molecule has 0 saturated carbocycles. The van der Waals surface area contributed by atoms with Crippen LogP contribution in [0.5, 0.6) is 0 Å². The predicted molar refractivity (Wildman–Crippen MR) is 113 cm³/mol. The summed E-state index contributed by atoms with van der Waals surface area (Å²) < 4.78 is 25.3. The summed E-state index contributed by atoms with van der Waals surface area (Å²) in [5.41, 5.74) is 1.92. The molecule has 2 aromatic carbocycles. The topological polar surface area (TPSA) is 58.2 Å². The van der Waals surface area contributed by atoms with Gasteiger partial charge in [-0.3, -0.25) is 9.59 Å². The first-order valence-electron chi connectivity index (χ1n) is 8.73. The minimum absolute atomic E-state index is 0.230. The number of benzene rings is 2. The lowest BCUT2D eigenvalue weighted by molar-refractivity contribution is 0.0940. The van der Waals surface area contributed by atoms with E-state index in [-0.39, 0.29) is 21.7 Å². The van der Waals surface area contributed by atoms with Gasteiger partial charge < -0.3 is 10.6 Å². The Balaban J connectivity index is 1.68. The van der Waals surface area contributed by atoms with E-state index in [0.717, 1.165) is 16.9 Å². The summed E-state index contributed by atoms with van der Waals surface area (Å²) in [4.78, 5) is 25.3. The summed E-state index contributed by atoms with van der Waals surface area (Å²) in [5, 5.41) is 7.27. The van der Waals surface area contributed by atoms with Gasteiger partial charge in [0.25, 0.3) is 17.6 Å². The second-order valence-electron chi connectivity index (χ2n) is 6.13. The molecule has 29 heavy (non-hydrogen) atoms. The van der Waals surface area contributed by atoms with Crippen molar-refractivity contribution in [2.24, 2.45) is 0 Å². The van der Waals surface area contributed by atoms with Gasteiger partial charge in [0.2, 0.25) is 0 Å². The van der Waals surface area contributed by atoms with E-state index in [2.05, 4.69) is 10.6 Å². The first-order valence-corrected chi connectivity index (χ1v) is 10.5. The van der Waals surface area contributed by atoms with Crippen molar-refractivity contribution in [2.45, 2.75) is 23.6 Å². The molecule has 0 aliphatic carbocycles. The second kappa shape index (κ2) is 9.67. The number of nitrogens with one attached hydrogen (secondary N) is 2. The number of carbonyl (C=O) groups excluding carboxylic acids is 2. The minimum atomic E-state index is -2.58. The number of halogens is 2. The second-order valence-corrected chi connectivity index (χ2v) is 8.08. The van der Waals surface area contributed by atoms with Crippen LogP contribution in [-0.2, 0) is 0 Å². The van der Waals surface area contributed by atoms with E-state index in [1.807, 2.05) is 12.1 Å². The first kappa shape index (κ1) is 21.0. The summed E-state index contributed by atoms with van der Waals surface area (Å²) in [5.74, 6) is -3.22. The monoisotopic (exact) mass is 432 g/mol. The lowest BCUT2D eigenvalue weighted by Crippen LogP contribution is -2.26.